The highest BCUT2D eigenvalue weighted by atomic mass is 79.9. The average molecular weight is 329 g/mol. The van der Waals surface area contributed by atoms with Gasteiger partial charge in [-0.25, -0.2) is 0 Å². The van der Waals surface area contributed by atoms with E-state index in [9.17, 15) is 9.59 Å². The van der Waals surface area contributed by atoms with Gasteiger partial charge in [0.25, 0.3) is 5.91 Å². The Hall–Kier alpha value is -1.56. The predicted molar refractivity (Wildman–Crippen MR) is 77.3 cm³/mol. The van der Waals surface area contributed by atoms with Crippen molar-refractivity contribution in [1.29, 1.82) is 0 Å². The molecule has 0 bridgehead atoms. The molecule has 1 rings (SSSR count). The van der Waals surface area contributed by atoms with Gasteiger partial charge in [-0.05, 0) is 24.1 Å². The van der Waals surface area contributed by atoms with E-state index in [1.807, 2.05) is 13.8 Å². The number of nitrogens with zero attached hydrogens (tertiary/aromatic N) is 1. The highest BCUT2D eigenvalue weighted by Gasteiger charge is 2.18. The van der Waals surface area contributed by atoms with E-state index in [4.69, 9.17) is 10.8 Å². The number of benzene rings is 1. The van der Waals surface area contributed by atoms with Crippen LogP contribution in [0.5, 0.6) is 0 Å². The summed E-state index contributed by atoms with van der Waals surface area (Å²) in [5.41, 5.74) is 6.20. The molecule has 6 heteroatoms. The monoisotopic (exact) mass is 328 g/mol. The summed E-state index contributed by atoms with van der Waals surface area (Å²) in [4.78, 5) is 24.1. The van der Waals surface area contributed by atoms with Crippen LogP contribution in [0.3, 0.4) is 0 Å². The largest absolute Gasteiger partial charge is 0.480 e. The van der Waals surface area contributed by atoms with E-state index in [0.717, 1.165) is 4.47 Å². The minimum atomic E-state index is -0.948. The van der Waals surface area contributed by atoms with Crippen molar-refractivity contribution >= 4 is 33.5 Å². The minimum Gasteiger partial charge on any atom is -0.480 e. The standard InChI is InChI=1S/C13H17BrN2O3/c1-8(2)6-16(7-12(17)18)11-5-9(14)3-4-10(11)13(15)19/h3-5,8H,6-7H2,1-2H3,(H2,15,19)(H,17,18). The van der Waals surface area contributed by atoms with Crippen LogP contribution < -0.4 is 10.6 Å². The van der Waals surface area contributed by atoms with E-state index < -0.39 is 11.9 Å². The fourth-order valence-corrected chi connectivity index (χ4v) is 2.18. The first-order chi connectivity index (χ1) is 8.81. The minimum absolute atomic E-state index is 0.172. The summed E-state index contributed by atoms with van der Waals surface area (Å²) in [6.45, 7) is 4.32. The number of carboxylic acids is 1. The lowest BCUT2D eigenvalue weighted by Crippen LogP contribution is -2.34. The lowest BCUT2D eigenvalue weighted by atomic mass is 10.1. The Morgan fingerprint density at radius 1 is 1.42 bits per heavy atom. The Labute approximate surface area is 120 Å². The summed E-state index contributed by atoms with van der Waals surface area (Å²) in [7, 11) is 0. The van der Waals surface area contributed by atoms with Crippen LogP contribution in [0.15, 0.2) is 22.7 Å². The number of amides is 1. The summed E-state index contributed by atoms with van der Waals surface area (Å²) in [5, 5.41) is 8.99. The smallest absolute Gasteiger partial charge is 0.323 e. The molecule has 0 unspecified atom stereocenters. The van der Waals surface area contributed by atoms with Gasteiger partial charge < -0.3 is 15.7 Å². The van der Waals surface area contributed by atoms with Crippen molar-refractivity contribution in [3.8, 4) is 0 Å². The third kappa shape index (κ3) is 4.55. The quantitative estimate of drug-likeness (QED) is 0.837. The molecule has 0 saturated carbocycles. The van der Waals surface area contributed by atoms with Gasteiger partial charge in [-0.15, -0.1) is 0 Å². The van der Waals surface area contributed by atoms with E-state index >= 15 is 0 Å². The maximum atomic E-state index is 11.4. The van der Waals surface area contributed by atoms with Crippen molar-refractivity contribution in [1.82, 2.24) is 0 Å². The van der Waals surface area contributed by atoms with Crippen LogP contribution in [0.25, 0.3) is 0 Å². The molecule has 0 aliphatic rings. The Morgan fingerprint density at radius 3 is 2.53 bits per heavy atom. The number of carbonyl (C=O) groups excluding carboxylic acids is 1. The summed E-state index contributed by atoms with van der Waals surface area (Å²) < 4.78 is 0.770. The first kappa shape index (κ1) is 15.5. The maximum absolute atomic E-state index is 11.4. The number of hydrogen-bond donors (Lipinski definition) is 2. The van der Waals surface area contributed by atoms with Gasteiger partial charge in [-0.2, -0.15) is 0 Å². The molecule has 19 heavy (non-hydrogen) atoms. The molecule has 104 valence electrons. The second kappa shape index (κ2) is 6.56. The van der Waals surface area contributed by atoms with Gasteiger partial charge in [0.2, 0.25) is 0 Å². The first-order valence-corrected chi connectivity index (χ1v) is 6.66. The number of primary amides is 1. The Morgan fingerprint density at radius 2 is 2.05 bits per heavy atom. The molecule has 0 aromatic heterocycles. The third-order valence-corrected chi connectivity index (χ3v) is 2.97. The van der Waals surface area contributed by atoms with Crippen molar-refractivity contribution in [2.75, 3.05) is 18.0 Å². The number of rotatable bonds is 6. The predicted octanol–water partition coefficient (Wildman–Crippen LogP) is 2.09. The number of aliphatic carboxylic acids is 1. The average Bonchev–Trinajstić information content (AvgIpc) is 2.26. The SMILES string of the molecule is CC(C)CN(CC(=O)O)c1cc(Br)ccc1C(N)=O. The molecule has 0 aliphatic carbocycles. The number of nitrogens with two attached hydrogens (primary N) is 1. The van der Waals surface area contributed by atoms with Crippen LogP contribution in [0.4, 0.5) is 5.69 Å². The van der Waals surface area contributed by atoms with Gasteiger partial charge in [0.05, 0.1) is 11.3 Å². The molecule has 0 atom stereocenters. The van der Waals surface area contributed by atoms with Gasteiger partial charge in [0.15, 0.2) is 0 Å². The highest BCUT2D eigenvalue weighted by molar-refractivity contribution is 9.10. The number of halogens is 1. The molecular weight excluding hydrogens is 312 g/mol. The van der Waals surface area contributed by atoms with Crippen LogP contribution in [0.1, 0.15) is 24.2 Å². The van der Waals surface area contributed by atoms with Gasteiger partial charge in [0.1, 0.15) is 6.54 Å². The number of carbonyl (C=O) groups is 2. The molecular formula is C13H17BrN2O3. The van der Waals surface area contributed by atoms with Gasteiger partial charge in [-0.3, -0.25) is 9.59 Å². The van der Waals surface area contributed by atoms with E-state index in [-0.39, 0.29) is 12.5 Å². The lowest BCUT2D eigenvalue weighted by molar-refractivity contribution is -0.135. The zero-order valence-electron chi connectivity index (χ0n) is 10.9. The van der Waals surface area contributed by atoms with E-state index in [2.05, 4.69) is 15.9 Å². The normalized spacial score (nSPS) is 10.5. The van der Waals surface area contributed by atoms with Crippen molar-refractivity contribution in [2.24, 2.45) is 11.7 Å². The Balaban J connectivity index is 3.22. The van der Waals surface area contributed by atoms with Gasteiger partial charge in [-0.1, -0.05) is 29.8 Å². The van der Waals surface area contributed by atoms with Crippen LogP contribution >= 0.6 is 15.9 Å². The second-order valence-corrected chi connectivity index (χ2v) is 5.61. The van der Waals surface area contributed by atoms with Gasteiger partial charge in [0, 0.05) is 11.0 Å². The zero-order chi connectivity index (χ0) is 14.6. The second-order valence-electron chi connectivity index (χ2n) is 4.69. The third-order valence-electron chi connectivity index (χ3n) is 2.48. The number of hydrogen-bond acceptors (Lipinski definition) is 3. The lowest BCUT2D eigenvalue weighted by Gasteiger charge is -2.26. The van der Waals surface area contributed by atoms with Crippen molar-refractivity contribution in [3.63, 3.8) is 0 Å². The Kier molecular flexibility index (Phi) is 5.35. The van der Waals surface area contributed by atoms with Crippen molar-refractivity contribution in [3.05, 3.63) is 28.2 Å². The molecule has 3 N–H and O–H groups in total. The molecule has 0 fully saturated rings. The molecule has 0 radical (unpaired) electrons. The Bertz CT molecular complexity index is 489. The van der Waals surface area contributed by atoms with E-state index in [1.54, 1.807) is 23.1 Å². The van der Waals surface area contributed by atoms with E-state index in [0.29, 0.717) is 17.8 Å². The van der Waals surface area contributed by atoms with Crippen LogP contribution in [0, 0.1) is 5.92 Å². The number of carboxylic acid groups (broad SMARTS) is 1. The molecule has 1 aromatic rings. The van der Waals surface area contributed by atoms with Gasteiger partial charge >= 0.3 is 5.97 Å². The van der Waals surface area contributed by atoms with Crippen LogP contribution in [-0.2, 0) is 4.79 Å². The molecule has 1 amide bonds. The number of anilines is 1. The summed E-state index contributed by atoms with van der Waals surface area (Å²) in [5.74, 6) is -1.25. The fraction of sp³-hybridized carbons (Fsp3) is 0.385. The summed E-state index contributed by atoms with van der Waals surface area (Å²) in [6.07, 6.45) is 0. The maximum Gasteiger partial charge on any atom is 0.323 e. The molecule has 0 aliphatic heterocycles. The zero-order valence-corrected chi connectivity index (χ0v) is 12.5. The summed E-state index contributed by atoms with van der Waals surface area (Å²) >= 11 is 3.32. The van der Waals surface area contributed by atoms with Crippen LogP contribution in [0.2, 0.25) is 0 Å². The first-order valence-electron chi connectivity index (χ1n) is 5.87. The molecule has 5 nitrogen and oxygen atoms in total. The van der Waals surface area contributed by atoms with Crippen LogP contribution in [-0.4, -0.2) is 30.1 Å². The van der Waals surface area contributed by atoms with Crippen molar-refractivity contribution < 1.29 is 14.7 Å². The molecule has 1 aromatic carbocycles. The molecule has 0 saturated heterocycles. The topological polar surface area (TPSA) is 83.6 Å². The summed E-state index contributed by atoms with van der Waals surface area (Å²) in [6, 6.07) is 5.01. The fourth-order valence-electron chi connectivity index (χ4n) is 1.83. The molecule has 0 heterocycles. The van der Waals surface area contributed by atoms with E-state index in [1.165, 1.54) is 0 Å². The molecule has 0 spiro atoms. The highest BCUT2D eigenvalue weighted by Crippen LogP contribution is 2.25. The van der Waals surface area contributed by atoms with Crippen molar-refractivity contribution in [2.45, 2.75) is 13.8 Å².